The summed E-state index contributed by atoms with van der Waals surface area (Å²) in [6.07, 6.45) is 0.569. The van der Waals surface area contributed by atoms with E-state index in [-0.39, 0.29) is 12.3 Å². The van der Waals surface area contributed by atoms with E-state index in [4.69, 9.17) is 13.7 Å². The van der Waals surface area contributed by atoms with Crippen LogP contribution in [0, 0.1) is 0 Å². The third-order valence-electron chi connectivity index (χ3n) is 4.06. The number of nitrogens with zero attached hydrogens (tertiary/aromatic N) is 3. The third kappa shape index (κ3) is 4.75. The van der Waals surface area contributed by atoms with E-state index in [2.05, 4.69) is 20.4 Å². The molecule has 0 bridgehead atoms. The minimum absolute atomic E-state index is 0.157. The number of hydrogen-bond acceptors (Lipinski definition) is 8. The van der Waals surface area contributed by atoms with E-state index in [1.165, 1.54) is 11.8 Å². The van der Waals surface area contributed by atoms with Crippen molar-refractivity contribution < 1.29 is 18.5 Å². The molecule has 1 amide bonds. The SMILES string of the molecule is COc1ccccc1NC(=O)CCc1nc(CSc2nc3ccccc3o2)no1. The molecule has 0 atom stereocenters. The van der Waals surface area contributed by atoms with Crippen LogP contribution in [0.25, 0.3) is 11.1 Å². The minimum Gasteiger partial charge on any atom is -0.495 e. The standard InChI is InChI=1S/C20H18N4O4S/c1-26-15-8-4-2-6-13(15)21-18(25)10-11-19-23-17(24-28-19)12-29-20-22-14-7-3-5-9-16(14)27-20/h2-9H,10-12H2,1H3,(H,21,25). The van der Waals surface area contributed by atoms with E-state index < -0.39 is 0 Å². The highest BCUT2D eigenvalue weighted by atomic mass is 32.2. The zero-order valence-electron chi connectivity index (χ0n) is 15.6. The first-order valence-electron chi connectivity index (χ1n) is 8.94. The van der Waals surface area contributed by atoms with Crippen LogP contribution in [0.15, 0.2) is 62.7 Å². The molecule has 4 rings (SSSR count). The number of nitrogens with one attached hydrogen (secondary N) is 1. The van der Waals surface area contributed by atoms with Crippen LogP contribution in [0.4, 0.5) is 5.69 Å². The van der Waals surface area contributed by atoms with E-state index >= 15 is 0 Å². The fourth-order valence-electron chi connectivity index (χ4n) is 2.67. The number of rotatable bonds is 8. The Morgan fingerprint density at radius 1 is 1.14 bits per heavy atom. The summed E-state index contributed by atoms with van der Waals surface area (Å²) in [6.45, 7) is 0. The van der Waals surface area contributed by atoms with Gasteiger partial charge < -0.3 is 19.0 Å². The van der Waals surface area contributed by atoms with Gasteiger partial charge in [-0.05, 0) is 24.3 Å². The molecule has 0 aliphatic carbocycles. The van der Waals surface area contributed by atoms with Crippen molar-refractivity contribution >= 4 is 34.5 Å². The summed E-state index contributed by atoms with van der Waals surface area (Å²) in [4.78, 5) is 20.9. The van der Waals surface area contributed by atoms with Crippen molar-refractivity contribution in [2.75, 3.05) is 12.4 Å². The Hall–Kier alpha value is -3.33. The Morgan fingerprint density at radius 2 is 1.97 bits per heavy atom. The van der Waals surface area contributed by atoms with Crippen LogP contribution in [0.2, 0.25) is 0 Å². The molecule has 0 saturated heterocycles. The highest BCUT2D eigenvalue weighted by Gasteiger charge is 2.13. The first-order chi connectivity index (χ1) is 14.2. The second kappa shape index (κ2) is 8.78. The van der Waals surface area contributed by atoms with Crippen LogP contribution >= 0.6 is 11.8 Å². The van der Waals surface area contributed by atoms with Gasteiger partial charge in [-0.2, -0.15) is 4.98 Å². The van der Waals surface area contributed by atoms with Gasteiger partial charge in [-0.25, -0.2) is 4.98 Å². The van der Waals surface area contributed by atoms with Gasteiger partial charge in [0.2, 0.25) is 11.8 Å². The summed E-state index contributed by atoms with van der Waals surface area (Å²) in [5.74, 6) is 1.85. The molecule has 29 heavy (non-hydrogen) atoms. The lowest BCUT2D eigenvalue weighted by Gasteiger charge is -2.08. The fraction of sp³-hybridized carbons (Fsp3) is 0.200. The summed E-state index contributed by atoms with van der Waals surface area (Å²) in [6, 6.07) is 14.8. The maximum atomic E-state index is 12.2. The number of carbonyl (C=O) groups excluding carboxylic acids is 1. The van der Waals surface area contributed by atoms with Gasteiger partial charge in [0.1, 0.15) is 11.3 Å². The second-order valence-corrected chi connectivity index (χ2v) is 7.02. The maximum Gasteiger partial charge on any atom is 0.257 e. The fourth-order valence-corrected chi connectivity index (χ4v) is 3.35. The number of para-hydroxylation sites is 4. The highest BCUT2D eigenvalue weighted by molar-refractivity contribution is 7.98. The van der Waals surface area contributed by atoms with Crippen LogP contribution in [-0.2, 0) is 17.0 Å². The average molecular weight is 410 g/mol. The van der Waals surface area contributed by atoms with E-state index in [0.29, 0.717) is 40.5 Å². The monoisotopic (exact) mass is 410 g/mol. The summed E-state index contributed by atoms with van der Waals surface area (Å²) in [5, 5.41) is 7.32. The molecule has 148 valence electrons. The molecule has 0 fully saturated rings. The Balaban J connectivity index is 1.28. The number of fused-ring (bicyclic) bond motifs is 1. The molecule has 0 aliphatic heterocycles. The topological polar surface area (TPSA) is 103 Å². The zero-order valence-corrected chi connectivity index (χ0v) is 16.4. The number of carbonyl (C=O) groups is 1. The van der Waals surface area contributed by atoms with Crippen molar-refractivity contribution in [2.45, 2.75) is 23.8 Å². The van der Waals surface area contributed by atoms with Gasteiger partial charge in [-0.15, -0.1) is 0 Å². The average Bonchev–Trinajstić information content (AvgIpc) is 3.37. The Bertz CT molecular complexity index is 1090. The maximum absolute atomic E-state index is 12.2. The van der Waals surface area contributed by atoms with Crippen molar-refractivity contribution in [1.82, 2.24) is 15.1 Å². The lowest BCUT2D eigenvalue weighted by molar-refractivity contribution is -0.116. The minimum atomic E-state index is -0.157. The number of aryl methyl sites for hydroxylation is 1. The number of hydrogen-bond donors (Lipinski definition) is 1. The molecular formula is C20H18N4O4S. The van der Waals surface area contributed by atoms with E-state index in [0.717, 1.165) is 11.1 Å². The molecule has 2 aromatic carbocycles. The van der Waals surface area contributed by atoms with Crippen molar-refractivity contribution in [3.8, 4) is 5.75 Å². The number of amides is 1. The van der Waals surface area contributed by atoms with Crippen LogP contribution < -0.4 is 10.1 Å². The summed E-state index contributed by atoms with van der Waals surface area (Å²) in [7, 11) is 1.56. The molecule has 8 nitrogen and oxygen atoms in total. The van der Waals surface area contributed by atoms with Crippen LogP contribution in [-0.4, -0.2) is 28.1 Å². The van der Waals surface area contributed by atoms with E-state index in [1.807, 2.05) is 36.4 Å². The molecule has 2 heterocycles. The number of aromatic nitrogens is 3. The molecule has 0 unspecified atom stereocenters. The quantitative estimate of drug-likeness (QED) is 0.433. The zero-order chi connectivity index (χ0) is 20.1. The van der Waals surface area contributed by atoms with Crippen molar-refractivity contribution in [3.63, 3.8) is 0 Å². The summed E-state index contributed by atoms with van der Waals surface area (Å²) in [5.41, 5.74) is 2.18. The molecule has 0 radical (unpaired) electrons. The second-order valence-electron chi connectivity index (χ2n) is 6.09. The first kappa shape index (κ1) is 19.0. The van der Waals surface area contributed by atoms with E-state index in [1.54, 1.807) is 19.2 Å². The Kier molecular flexibility index (Phi) is 5.76. The predicted molar refractivity (Wildman–Crippen MR) is 108 cm³/mol. The number of anilines is 1. The molecule has 0 saturated carbocycles. The highest BCUT2D eigenvalue weighted by Crippen LogP contribution is 2.25. The summed E-state index contributed by atoms with van der Waals surface area (Å²) < 4.78 is 16.1. The predicted octanol–water partition coefficient (Wildman–Crippen LogP) is 4.08. The molecule has 4 aromatic rings. The Morgan fingerprint density at radius 3 is 2.83 bits per heavy atom. The first-order valence-corrected chi connectivity index (χ1v) is 9.92. The number of ether oxygens (including phenoxy) is 1. The third-order valence-corrected chi connectivity index (χ3v) is 4.88. The molecule has 2 aromatic heterocycles. The van der Waals surface area contributed by atoms with Gasteiger partial charge in [0.15, 0.2) is 11.4 Å². The van der Waals surface area contributed by atoms with Crippen molar-refractivity contribution in [2.24, 2.45) is 0 Å². The number of oxazole rings is 1. The van der Waals surface area contributed by atoms with E-state index in [9.17, 15) is 4.79 Å². The number of methoxy groups -OCH3 is 1. The van der Waals surface area contributed by atoms with Gasteiger partial charge in [0.05, 0.1) is 18.6 Å². The van der Waals surface area contributed by atoms with Gasteiger partial charge >= 0.3 is 0 Å². The lowest BCUT2D eigenvalue weighted by Crippen LogP contribution is -2.13. The summed E-state index contributed by atoms with van der Waals surface area (Å²) >= 11 is 1.39. The van der Waals surface area contributed by atoms with Crippen molar-refractivity contribution in [1.29, 1.82) is 0 Å². The largest absolute Gasteiger partial charge is 0.495 e. The molecule has 9 heteroatoms. The van der Waals surface area contributed by atoms with Gasteiger partial charge in [0, 0.05) is 12.8 Å². The van der Waals surface area contributed by atoms with Crippen LogP contribution in [0.1, 0.15) is 18.1 Å². The number of benzene rings is 2. The molecule has 1 N–H and O–H groups in total. The van der Waals surface area contributed by atoms with Crippen molar-refractivity contribution in [3.05, 3.63) is 60.2 Å². The Labute approximate surface area is 170 Å². The molecule has 0 aliphatic rings. The van der Waals surface area contributed by atoms with Gasteiger partial charge in [-0.1, -0.05) is 41.2 Å². The smallest absolute Gasteiger partial charge is 0.257 e. The molecular weight excluding hydrogens is 392 g/mol. The lowest BCUT2D eigenvalue weighted by atomic mass is 10.2. The van der Waals surface area contributed by atoms with Gasteiger partial charge in [0.25, 0.3) is 5.22 Å². The normalized spacial score (nSPS) is 10.9. The molecule has 0 spiro atoms. The van der Waals surface area contributed by atoms with Crippen LogP contribution in [0.5, 0.6) is 5.75 Å². The van der Waals surface area contributed by atoms with Gasteiger partial charge in [-0.3, -0.25) is 4.79 Å². The number of thioether (sulfide) groups is 1. The van der Waals surface area contributed by atoms with Crippen LogP contribution in [0.3, 0.4) is 0 Å².